The molecule has 2 aromatic rings. The molecule has 0 aliphatic rings. The van der Waals surface area contributed by atoms with Gasteiger partial charge in [0.15, 0.2) is 11.5 Å². The molecule has 0 aromatic heterocycles. The number of hydrogen-bond acceptors (Lipinski definition) is 4. The standard InChI is InChI=1S/C21H18BrClN2O3/c1-3-9-28-20-18(22)11-14(12-19(20)27-4-2)10-15(13-24)21(26)25-17-7-5-16(23)6-8-17/h3,5-8,10-12H,1,4,9H2,2H3,(H,25,26)/b15-10-. The van der Waals surface area contributed by atoms with E-state index < -0.39 is 5.91 Å². The number of hydrogen-bond donors (Lipinski definition) is 1. The third-order valence-electron chi connectivity index (χ3n) is 3.46. The minimum atomic E-state index is -0.522. The van der Waals surface area contributed by atoms with Crippen molar-refractivity contribution in [2.24, 2.45) is 0 Å². The number of carbonyl (C=O) groups excluding carboxylic acids is 1. The third-order valence-corrected chi connectivity index (χ3v) is 4.30. The van der Waals surface area contributed by atoms with Gasteiger partial charge in [0.05, 0.1) is 11.1 Å². The van der Waals surface area contributed by atoms with Crippen LogP contribution in [0.1, 0.15) is 12.5 Å². The Morgan fingerprint density at radius 1 is 1.32 bits per heavy atom. The first kappa shape index (κ1) is 21.5. The van der Waals surface area contributed by atoms with E-state index in [9.17, 15) is 10.1 Å². The normalized spacial score (nSPS) is 10.7. The maximum atomic E-state index is 12.4. The number of halogens is 2. The first-order valence-corrected chi connectivity index (χ1v) is 9.54. The molecule has 0 saturated carbocycles. The summed E-state index contributed by atoms with van der Waals surface area (Å²) in [6.45, 7) is 6.24. The summed E-state index contributed by atoms with van der Waals surface area (Å²) in [5.41, 5.74) is 1.10. The number of carbonyl (C=O) groups is 1. The van der Waals surface area contributed by atoms with Crippen molar-refractivity contribution in [2.45, 2.75) is 6.92 Å². The van der Waals surface area contributed by atoms with Gasteiger partial charge >= 0.3 is 0 Å². The molecule has 0 bridgehead atoms. The molecule has 2 rings (SSSR count). The second-order valence-electron chi connectivity index (χ2n) is 5.49. The van der Waals surface area contributed by atoms with Crippen molar-refractivity contribution in [3.05, 3.63) is 69.7 Å². The fourth-order valence-corrected chi connectivity index (χ4v) is 2.96. The zero-order valence-electron chi connectivity index (χ0n) is 15.2. The minimum Gasteiger partial charge on any atom is -0.490 e. The number of rotatable bonds is 8. The maximum absolute atomic E-state index is 12.4. The number of nitriles is 1. The van der Waals surface area contributed by atoms with Crippen LogP contribution in [0.3, 0.4) is 0 Å². The molecular formula is C21H18BrClN2O3. The summed E-state index contributed by atoms with van der Waals surface area (Å²) in [7, 11) is 0. The molecule has 2 aromatic carbocycles. The summed E-state index contributed by atoms with van der Waals surface area (Å²) >= 11 is 9.28. The fourth-order valence-electron chi connectivity index (χ4n) is 2.26. The van der Waals surface area contributed by atoms with Crippen LogP contribution in [0.4, 0.5) is 5.69 Å². The molecule has 0 heterocycles. The second kappa shape index (κ2) is 10.5. The highest BCUT2D eigenvalue weighted by molar-refractivity contribution is 9.10. The Morgan fingerprint density at radius 2 is 2.04 bits per heavy atom. The van der Waals surface area contributed by atoms with Gasteiger partial charge in [-0.25, -0.2) is 0 Å². The lowest BCUT2D eigenvalue weighted by Gasteiger charge is -2.14. The van der Waals surface area contributed by atoms with E-state index in [4.69, 9.17) is 21.1 Å². The second-order valence-corrected chi connectivity index (χ2v) is 6.78. The molecule has 0 unspecified atom stereocenters. The zero-order chi connectivity index (χ0) is 20.5. The van der Waals surface area contributed by atoms with Crippen molar-refractivity contribution in [1.29, 1.82) is 5.26 Å². The quantitative estimate of drug-likeness (QED) is 0.315. The van der Waals surface area contributed by atoms with Crippen molar-refractivity contribution in [1.82, 2.24) is 0 Å². The smallest absolute Gasteiger partial charge is 0.266 e. The van der Waals surface area contributed by atoms with Crippen LogP contribution < -0.4 is 14.8 Å². The van der Waals surface area contributed by atoms with Gasteiger partial charge in [0.2, 0.25) is 0 Å². The highest BCUT2D eigenvalue weighted by Gasteiger charge is 2.14. The number of nitrogens with one attached hydrogen (secondary N) is 1. The average molecular weight is 462 g/mol. The van der Waals surface area contributed by atoms with Gasteiger partial charge in [0, 0.05) is 10.7 Å². The SMILES string of the molecule is C=CCOc1c(Br)cc(/C=C(/C#N)C(=O)Nc2ccc(Cl)cc2)cc1OCC. The van der Waals surface area contributed by atoms with Crippen LogP contribution in [0.15, 0.2) is 59.1 Å². The monoisotopic (exact) mass is 460 g/mol. The summed E-state index contributed by atoms with van der Waals surface area (Å²) in [6.07, 6.45) is 3.11. The molecule has 0 radical (unpaired) electrons. The Kier molecular flexibility index (Phi) is 8.12. The lowest BCUT2D eigenvalue weighted by Crippen LogP contribution is -2.13. The highest BCUT2D eigenvalue weighted by atomic mass is 79.9. The van der Waals surface area contributed by atoms with Gasteiger partial charge in [0.25, 0.3) is 5.91 Å². The molecule has 0 atom stereocenters. The van der Waals surface area contributed by atoms with Gasteiger partial charge in [0.1, 0.15) is 18.2 Å². The topological polar surface area (TPSA) is 71.3 Å². The van der Waals surface area contributed by atoms with Gasteiger partial charge in [-0.15, -0.1) is 0 Å². The Hall–Kier alpha value is -2.75. The summed E-state index contributed by atoms with van der Waals surface area (Å²) in [6, 6.07) is 12.0. The number of ether oxygens (including phenoxy) is 2. The maximum Gasteiger partial charge on any atom is 0.266 e. The van der Waals surface area contributed by atoms with Gasteiger partial charge < -0.3 is 14.8 Å². The molecule has 5 nitrogen and oxygen atoms in total. The van der Waals surface area contributed by atoms with Crippen molar-refractivity contribution < 1.29 is 14.3 Å². The molecule has 7 heteroatoms. The Balaban J connectivity index is 2.31. The zero-order valence-corrected chi connectivity index (χ0v) is 17.5. The van der Waals surface area contributed by atoms with Gasteiger partial charge in [-0.3, -0.25) is 4.79 Å². The number of amides is 1. The van der Waals surface area contributed by atoms with E-state index in [1.54, 1.807) is 42.5 Å². The molecule has 0 saturated heterocycles. The van der Waals surface area contributed by atoms with Crippen LogP contribution >= 0.6 is 27.5 Å². The Morgan fingerprint density at radius 3 is 2.64 bits per heavy atom. The Bertz CT molecular complexity index is 934. The molecule has 144 valence electrons. The molecule has 0 aliphatic carbocycles. The van der Waals surface area contributed by atoms with Crippen molar-refractivity contribution in [2.75, 3.05) is 18.5 Å². The van der Waals surface area contributed by atoms with E-state index in [1.807, 2.05) is 13.0 Å². The van der Waals surface area contributed by atoms with Crippen molar-refractivity contribution >= 4 is 45.2 Å². The van der Waals surface area contributed by atoms with Crippen LogP contribution in [0.2, 0.25) is 5.02 Å². The largest absolute Gasteiger partial charge is 0.490 e. The Labute approximate surface area is 177 Å². The van der Waals surface area contributed by atoms with E-state index in [0.717, 1.165) is 0 Å². The van der Waals surface area contributed by atoms with Crippen LogP contribution in [0.25, 0.3) is 6.08 Å². The predicted molar refractivity (Wildman–Crippen MR) is 115 cm³/mol. The van der Waals surface area contributed by atoms with Gasteiger partial charge in [-0.2, -0.15) is 5.26 Å². The lowest BCUT2D eigenvalue weighted by molar-refractivity contribution is -0.112. The predicted octanol–water partition coefficient (Wildman–Crippen LogP) is 5.61. The van der Waals surface area contributed by atoms with Crippen LogP contribution in [-0.4, -0.2) is 19.1 Å². The van der Waals surface area contributed by atoms with E-state index in [0.29, 0.717) is 45.5 Å². The van der Waals surface area contributed by atoms with Crippen LogP contribution in [-0.2, 0) is 4.79 Å². The van der Waals surface area contributed by atoms with Gasteiger partial charge in [-0.05, 0) is 70.9 Å². The molecule has 1 amide bonds. The molecule has 0 aliphatic heterocycles. The molecule has 28 heavy (non-hydrogen) atoms. The highest BCUT2D eigenvalue weighted by Crippen LogP contribution is 2.37. The van der Waals surface area contributed by atoms with Crippen molar-refractivity contribution in [3.8, 4) is 17.6 Å². The molecule has 1 N–H and O–H groups in total. The first-order chi connectivity index (χ1) is 13.5. The molecular weight excluding hydrogens is 444 g/mol. The van der Waals surface area contributed by atoms with Crippen LogP contribution in [0, 0.1) is 11.3 Å². The fraction of sp³-hybridized carbons (Fsp3) is 0.143. The van der Waals surface area contributed by atoms with Crippen molar-refractivity contribution in [3.63, 3.8) is 0 Å². The lowest BCUT2D eigenvalue weighted by atomic mass is 10.1. The molecule has 0 fully saturated rings. The summed E-state index contributed by atoms with van der Waals surface area (Å²) < 4.78 is 11.9. The van der Waals surface area contributed by atoms with Crippen LogP contribution in [0.5, 0.6) is 11.5 Å². The number of nitrogens with zero attached hydrogens (tertiary/aromatic N) is 1. The van der Waals surface area contributed by atoms with E-state index in [2.05, 4.69) is 27.8 Å². The minimum absolute atomic E-state index is 0.0518. The van der Waals surface area contributed by atoms with E-state index in [-0.39, 0.29) is 5.57 Å². The first-order valence-electron chi connectivity index (χ1n) is 8.37. The molecule has 0 spiro atoms. The number of anilines is 1. The third kappa shape index (κ3) is 5.88. The summed E-state index contributed by atoms with van der Waals surface area (Å²) in [5.74, 6) is 0.509. The van der Waals surface area contributed by atoms with E-state index >= 15 is 0 Å². The summed E-state index contributed by atoms with van der Waals surface area (Å²) in [4.78, 5) is 12.4. The van der Waals surface area contributed by atoms with E-state index in [1.165, 1.54) is 6.08 Å². The average Bonchev–Trinajstić information content (AvgIpc) is 2.67. The summed E-state index contributed by atoms with van der Waals surface area (Å²) in [5, 5.41) is 12.6. The van der Waals surface area contributed by atoms with Gasteiger partial charge in [-0.1, -0.05) is 24.3 Å². The number of benzene rings is 2.